The molecule has 1 saturated heterocycles. The molecular formula is C18H26N2O3. The zero-order chi connectivity index (χ0) is 16.8. The maximum atomic E-state index is 12.1. The van der Waals surface area contributed by atoms with Crippen molar-refractivity contribution < 1.29 is 14.3 Å². The predicted octanol–water partition coefficient (Wildman–Crippen LogP) is 2.14. The van der Waals surface area contributed by atoms with Gasteiger partial charge in [-0.05, 0) is 19.1 Å². The van der Waals surface area contributed by atoms with Gasteiger partial charge in [0.1, 0.15) is 11.9 Å². The van der Waals surface area contributed by atoms with E-state index >= 15 is 0 Å². The maximum absolute atomic E-state index is 12.1. The van der Waals surface area contributed by atoms with Crippen LogP contribution in [0.15, 0.2) is 24.3 Å². The normalized spacial score (nSPS) is 15.6. The van der Waals surface area contributed by atoms with Crippen LogP contribution in [-0.4, -0.2) is 42.5 Å². The van der Waals surface area contributed by atoms with Gasteiger partial charge >= 0.3 is 0 Å². The highest BCUT2D eigenvalue weighted by molar-refractivity contribution is 5.85. The standard InChI is InChI=1S/C18H26N2O3/c1-13(2)18(22)19-12-17(21)20-10-8-16(9-11-20)23-15-6-4-14(3)5-7-15/h4-7,13,16H,8-12H2,1-3H3,(H,19,22). The third-order valence-electron chi connectivity index (χ3n) is 4.06. The van der Waals surface area contributed by atoms with Crippen LogP contribution in [-0.2, 0) is 9.59 Å². The summed E-state index contributed by atoms with van der Waals surface area (Å²) in [5.41, 5.74) is 1.21. The Balaban J connectivity index is 1.73. The molecule has 1 N–H and O–H groups in total. The Morgan fingerprint density at radius 1 is 1.22 bits per heavy atom. The monoisotopic (exact) mass is 318 g/mol. The Morgan fingerprint density at radius 3 is 2.39 bits per heavy atom. The third-order valence-corrected chi connectivity index (χ3v) is 4.06. The number of carbonyl (C=O) groups is 2. The second-order valence-corrected chi connectivity index (χ2v) is 6.38. The lowest BCUT2D eigenvalue weighted by atomic mass is 10.1. The molecule has 1 aliphatic rings. The number of nitrogens with one attached hydrogen (secondary N) is 1. The second-order valence-electron chi connectivity index (χ2n) is 6.38. The summed E-state index contributed by atoms with van der Waals surface area (Å²) in [5, 5.41) is 2.67. The largest absolute Gasteiger partial charge is 0.490 e. The molecule has 0 bridgehead atoms. The summed E-state index contributed by atoms with van der Waals surface area (Å²) in [5.74, 6) is 0.671. The first-order valence-corrected chi connectivity index (χ1v) is 8.24. The summed E-state index contributed by atoms with van der Waals surface area (Å²) in [4.78, 5) is 25.4. The Morgan fingerprint density at radius 2 is 1.83 bits per heavy atom. The highest BCUT2D eigenvalue weighted by Crippen LogP contribution is 2.19. The van der Waals surface area contributed by atoms with E-state index in [9.17, 15) is 9.59 Å². The molecule has 1 fully saturated rings. The lowest BCUT2D eigenvalue weighted by Gasteiger charge is -2.32. The van der Waals surface area contributed by atoms with E-state index in [0.29, 0.717) is 13.1 Å². The molecule has 0 aromatic heterocycles. The fourth-order valence-corrected chi connectivity index (χ4v) is 2.51. The first-order chi connectivity index (χ1) is 11.0. The van der Waals surface area contributed by atoms with Crippen LogP contribution in [0.25, 0.3) is 0 Å². The van der Waals surface area contributed by atoms with Gasteiger partial charge in [-0.25, -0.2) is 0 Å². The van der Waals surface area contributed by atoms with E-state index in [1.54, 1.807) is 4.90 Å². The van der Waals surface area contributed by atoms with Crippen molar-refractivity contribution in [1.82, 2.24) is 10.2 Å². The van der Waals surface area contributed by atoms with Gasteiger partial charge < -0.3 is 15.0 Å². The van der Waals surface area contributed by atoms with E-state index in [-0.39, 0.29) is 30.4 Å². The van der Waals surface area contributed by atoms with Gasteiger partial charge in [0, 0.05) is 31.8 Å². The smallest absolute Gasteiger partial charge is 0.241 e. The number of hydrogen-bond donors (Lipinski definition) is 1. The van der Waals surface area contributed by atoms with Crippen LogP contribution in [0.4, 0.5) is 0 Å². The second kappa shape index (κ2) is 7.99. The number of carbonyl (C=O) groups excluding carboxylic acids is 2. The van der Waals surface area contributed by atoms with Gasteiger partial charge in [-0.15, -0.1) is 0 Å². The van der Waals surface area contributed by atoms with Crippen molar-refractivity contribution in [1.29, 1.82) is 0 Å². The molecule has 5 heteroatoms. The molecular weight excluding hydrogens is 292 g/mol. The number of aryl methyl sites for hydroxylation is 1. The van der Waals surface area contributed by atoms with Gasteiger partial charge in [0.15, 0.2) is 0 Å². The molecule has 2 amide bonds. The first kappa shape index (κ1) is 17.3. The van der Waals surface area contributed by atoms with Gasteiger partial charge in [0.05, 0.1) is 6.54 Å². The fraction of sp³-hybridized carbons (Fsp3) is 0.556. The quantitative estimate of drug-likeness (QED) is 0.905. The van der Waals surface area contributed by atoms with Crippen molar-refractivity contribution in [2.45, 2.75) is 39.7 Å². The molecule has 5 nitrogen and oxygen atoms in total. The lowest BCUT2D eigenvalue weighted by molar-refractivity contribution is -0.135. The molecule has 126 valence electrons. The fourth-order valence-electron chi connectivity index (χ4n) is 2.51. The van der Waals surface area contributed by atoms with E-state index in [0.717, 1.165) is 18.6 Å². The summed E-state index contributed by atoms with van der Waals surface area (Å²) in [6.45, 7) is 7.10. The highest BCUT2D eigenvalue weighted by atomic mass is 16.5. The molecule has 1 heterocycles. The number of likely N-dealkylation sites (tertiary alicyclic amines) is 1. The summed E-state index contributed by atoms with van der Waals surface area (Å²) >= 11 is 0. The average molecular weight is 318 g/mol. The molecule has 23 heavy (non-hydrogen) atoms. The zero-order valence-corrected chi connectivity index (χ0v) is 14.2. The topological polar surface area (TPSA) is 58.6 Å². The number of nitrogens with zero attached hydrogens (tertiary/aromatic N) is 1. The van der Waals surface area contributed by atoms with Crippen LogP contribution < -0.4 is 10.1 Å². The molecule has 1 aliphatic heterocycles. The molecule has 0 radical (unpaired) electrons. The van der Waals surface area contributed by atoms with E-state index < -0.39 is 0 Å². The number of hydrogen-bond acceptors (Lipinski definition) is 3. The minimum atomic E-state index is -0.101. The lowest BCUT2D eigenvalue weighted by Crippen LogP contribution is -2.46. The molecule has 0 spiro atoms. The Labute approximate surface area is 138 Å². The zero-order valence-electron chi connectivity index (χ0n) is 14.2. The van der Waals surface area contributed by atoms with E-state index in [1.165, 1.54) is 5.56 Å². The Bertz CT molecular complexity index is 532. The third kappa shape index (κ3) is 5.27. The van der Waals surface area contributed by atoms with Crippen LogP contribution in [0.2, 0.25) is 0 Å². The molecule has 2 rings (SSSR count). The summed E-state index contributed by atoms with van der Waals surface area (Å²) in [6.07, 6.45) is 1.78. The van der Waals surface area contributed by atoms with Crippen LogP contribution >= 0.6 is 0 Å². The van der Waals surface area contributed by atoms with Gasteiger partial charge in [-0.1, -0.05) is 31.5 Å². The maximum Gasteiger partial charge on any atom is 0.241 e. The van der Waals surface area contributed by atoms with Crippen molar-refractivity contribution in [3.8, 4) is 5.75 Å². The molecule has 1 aromatic carbocycles. The van der Waals surface area contributed by atoms with Crippen LogP contribution in [0.3, 0.4) is 0 Å². The number of ether oxygens (including phenoxy) is 1. The van der Waals surface area contributed by atoms with Crippen LogP contribution in [0.5, 0.6) is 5.75 Å². The summed E-state index contributed by atoms with van der Waals surface area (Å²) in [6, 6.07) is 8.03. The average Bonchev–Trinajstić information content (AvgIpc) is 2.55. The predicted molar refractivity (Wildman–Crippen MR) is 89.3 cm³/mol. The number of rotatable bonds is 5. The van der Waals surface area contributed by atoms with E-state index in [1.807, 2.05) is 45.0 Å². The molecule has 0 saturated carbocycles. The van der Waals surface area contributed by atoms with E-state index in [2.05, 4.69) is 5.32 Å². The minimum absolute atomic E-state index is 0.0206. The number of amides is 2. The minimum Gasteiger partial charge on any atom is -0.490 e. The Hall–Kier alpha value is -2.04. The van der Waals surface area contributed by atoms with Crippen LogP contribution in [0.1, 0.15) is 32.3 Å². The van der Waals surface area contributed by atoms with Gasteiger partial charge in [-0.3, -0.25) is 9.59 Å². The van der Waals surface area contributed by atoms with Crippen molar-refractivity contribution in [3.05, 3.63) is 29.8 Å². The molecule has 0 atom stereocenters. The first-order valence-electron chi connectivity index (χ1n) is 8.24. The van der Waals surface area contributed by atoms with Crippen molar-refractivity contribution in [2.24, 2.45) is 5.92 Å². The SMILES string of the molecule is Cc1ccc(OC2CCN(C(=O)CNC(=O)C(C)C)CC2)cc1. The molecule has 0 unspecified atom stereocenters. The van der Waals surface area contributed by atoms with E-state index in [4.69, 9.17) is 4.74 Å². The van der Waals surface area contributed by atoms with Crippen molar-refractivity contribution in [3.63, 3.8) is 0 Å². The van der Waals surface area contributed by atoms with Crippen LogP contribution in [0, 0.1) is 12.8 Å². The van der Waals surface area contributed by atoms with Crippen molar-refractivity contribution in [2.75, 3.05) is 19.6 Å². The number of piperidine rings is 1. The summed E-state index contributed by atoms with van der Waals surface area (Å²) in [7, 11) is 0. The Kier molecular flexibility index (Phi) is 6.02. The highest BCUT2D eigenvalue weighted by Gasteiger charge is 2.24. The van der Waals surface area contributed by atoms with Gasteiger partial charge in [-0.2, -0.15) is 0 Å². The summed E-state index contributed by atoms with van der Waals surface area (Å²) < 4.78 is 5.96. The van der Waals surface area contributed by atoms with Gasteiger partial charge in [0.2, 0.25) is 11.8 Å². The van der Waals surface area contributed by atoms with Crippen molar-refractivity contribution >= 4 is 11.8 Å². The number of benzene rings is 1. The van der Waals surface area contributed by atoms with Gasteiger partial charge in [0.25, 0.3) is 0 Å². The molecule has 0 aliphatic carbocycles. The molecule has 1 aromatic rings.